The van der Waals surface area contributed by atoms with E-state index in [9.17, 15) is 9.59 Å². The molecule has 2 aromatic carbocycles. The summed E-state index contributed by atoms with van der Waals surface area (Å²) >= 11 is 12.0. The summed E-state index contributed by atoms with van der Waals surface area (Å²) in [7, 11) is 0. The van der Waals surface area contributed by atoms with Crippen molar-refractivity contribution >= 4 is 40.7 Å². The second-order valence-corrected chi connectivity index (χ2v) is 7.26. The zero-order chi connectivity index (χ0) is 19.6. The zero-order valence-electron chi connectivity index (χ0n) is 15.1. The highest BCUT2D eigenvalue weighted by Crippen LogP contribution is 2.38. The van der Waals surface area contributed by atoms with E-state index in [0.29, 0.717) is 35.4 Å². The van der Waals surface area contributed by atoms with E-state index < -0.39 is 6.04 Å². The summed E-state index contributed by atoms with van der Waals surface area (Å²) < 4.78 is 5.70. The molecule has 2 amide bonds. The Labute approximate surface area is 168 Å². The number of aryl methyl sites for hydroxylation is 1. The van der Waals surface area contributed by atoms with Crippen LogP contribution in [0.15, 0.2) is 36.4 Å². The number of carbonyl (C=O) groups excluding carboxylic acids is 2. The number of fused-ring (bicyclic) bond motifs is 1. The van der Waals surface area contributed by atoms with E-state index in [1.807, 2.05) is 25.1 Å². The van der Waals surface area contributed by atoms with Crippen LogP contribution in [0.3, 0.4) is 0 Å². The highest BCUT2D eigenvalue weighted by Gasteiger charge is 2.38. The predicted molar refractivity (Wildman–Crippen MR) is 107 cm³/mol. The number of carbonyl (C=O) groups is 2. The van der Waals surface area contributed by atoms with Crippen LogP contribution in [0.25, 0.3) is 0 Å². The van der Waals surface area contributed by atoms with Gasteiger partial charge in [-0.3, -0.25) is 9.59 Å². The summed E-state index contributed by atoms with van der Waals surface area (Å²) in [5.74, 6) is 0.198. The lowest BCUT2D eigenvalue weighted by atomic mass is 10.1. The number of para-hydroxylation sites is 1. The summed E-state index contributed by atoms with van der Waals surface area (Å²) in [4.78, 5) is 26.1. The molecule has 0 spiro atoms. The molecule has 0 saturated heterocycles. The molecule has 0 saturated carbocycles. The van der Waals surface area contributed by atoms with E-state index in [2.05, 4.69) is 5.32 Å². The van der Waals surface area contributed by atoms with Gasteiger partial charge in [-0.25, -0.2) is 0 Å². The molecule has 1 heterocycles. The third kappa shape index (κ3) is 4.20. The lowest BCUT2D eigenvalue weighted by Gasteiger charge is -2.20. The zero-order valence-corrected chi connectivity index (χ0v) is 16.6. The summed E-state index contributed by atoms with van der Waals surface area (Å²) in [5.41, 5.74) is 2.69. The van der Waals surface area contributed by atoms with Gasteiger partial charge in [-0.1, -0.05) is 41.4 Å². The molecule has 27 heavy (non-hydrogen) atoms. The van der Waals surface area contributed by atoms with Crippen LogP contribution in [-0.4, -0.2) is 25.0 Å². The lowest BCUT2D eigenvalue weighted by molar-refractivity contribution is -0.126. The molecule has 7 heteroatoms. The van der Waals surface area contributed by atoms with Crippen molar-refractivity contribution in [2.24, 2.45) is 0 Å². The third-order valence-corrected chi connectivity index (χ3v) is 4.92. The van der Waals surface area contributed by atoms with Gasteiger partial charge in [0.2, 0.25) is 5.91 Å². The Morgan fingerprint density at radius 1 is 1.26 bits per heavy atom. The first-order chi connectivity index (χ1) is 12.9. The summed E-state index contributed by atoms with van der Waals surface area (Å²) in [6.45, 7) is 4.25. The minimum Gasteiger partial charge on any atom is -0.492 e. The first-order valence-corrected chi connectivity index (χ1v) is 9.40. The second-order valence-electron chi connectivity index (χ2n) is 6.41. The van der Waals surface area contributed by atoms with Gasteiger partial charge in [0.05, 0.1) is 17.3 Å². The summed E-state index contributed by atoms with van der Waals surface area (Å²) in [6.07, 6.45) is 0.616. The largest absolute Gasteiger partial charge is 0.492 e. The number of hydrogen-bond donors (Lipinski definition) is 1. The van der Waals surface area contributed by atoms with Crippen molar-refractivity contribution in [2.45, 2.75) is 26.3 Å². The van der Waals surface area contributed by atoms with Gasteiger partial charge in [0, 0.05) is 24.1 Å². The molecule has 0 bridgehead atoms. The molecule has 0 unspecified atom stereocenters. The van der Waals surface area contributed by atoms with Crippen LogP contribution in [0.2, 0.25) is 10.0 Å². The first-order valence-electron chi connectivity index (χ1n) is 8.64. The second kappa shape index (κ2) is 8.19. The van der Waals surface area contributed by atoms with Crippen molar-refractivity contribution in [2.75, 3.05) is 18.1 Å². The number of nitrogens with zero attached hydrogens (tertiary/aromatic N) is 1. The molecular formula is C20H20Cl2N2O3. The van der Waals surface area contributed by atoms with Crippen molar-refractivity contribution in [3.63, 3.8) is 0 Å². The Morgan fingerprint density at radius 3 is 2.74 bits per heavy atom. The predicted octanol–water partition coefficient (Wildman–Crippen LogP) is 4.29. The number of hydrogen-bond acceptors (Lipinski definition) is 3. The van der Waals surface area contributed by atoms with E-state index in [0.717, 1.165) is 16.8 Å². The average Bonchev–Trinajstić information content (AvgIpc) is 2.86. The van der Waals surface area contributed by atoms with Crippen molar-refractivity contribution in [3.8, 4) is 5.75 Å². The van der Waals surface area contributed by atoms with Crippen molar-refractivity contribution in [1.82, 2.24) is 5.32 Å². The van der Waals surface area contributed by atoms with Gasteiger partial charge >= 0.3 is 0 Å². The van der Waals surface area contributed by atoms with E-state index in [1.54, 1.807) is 23.1 Å². The van der Waals surface area contributed by atoms with Crippen LogP contribution in [-0.2, 0) is 9.59 Å². The van der Waals surface area contributed by atoms with Gasteiger partial charge in [-0.05, 0) is 37.1 Å². The molecule has 1 atom stereocenters. The topological polar surface area (TPSA) is 58.6 Å². The molecule has 2 aromatic rings. The van der Waals surface area contributed by atoms with E-state index in [1.165, 1.54) is 6.92 Å². The van der Waals surface area contributed by atoms with Crippen LogP contribution in [0.4, 0.5) is 5.69 Å². The van der Waals surface area contributed by atoms with Gasteiger partial charge in [-0.15, -0.1) is 0 Å². The number of anilines is 1. The molecule has 0 aliphatic carbocycles. The molecule has 0 fully saturated rings. The maximum Gasteiger partial charge on any atom is 0.254 e. The molecule has 0 aromatic heterocycles. The molecule has 1 aliphatic heterocycles. The Kier molecular flexibility index (Phi) is 5.92. The van der Waals surface area contributed by atoms with Crippen molar-refractivity contribution < 1.29 is 14.3 Å². The maximum atomic E-state index is 12.8. The summed E-state index contributed by atoms with van der Waals surface area (Å²) in [5, 5.41) is 3.74. The van der Waals surface area contributed by atoms with Gasteiger partial charge in [0.25, 0.3) is 5.91 Å². The van der Waals surface area contributed by atoms with E-state index in [4.69, 9.17) is 27.9 Å². The number of amides is 2. The number of halogens is 2. The Balaban J connectivity index is 1.68. The fourth-order valence-corrected chi connectivity index (χ4v) is 3.71. The molecular weight excluding hydrogens is 387 g/mol. The monoisotopic (exact) mass is 406 g/mol. The highest BCUT2D eigenvalue weighted by molar-refractivity contribution is 6.35. The Bertz CT molecular complexity index is 886. The molecule has 3 rings (SSSR count). The normalized spacial score (nSPS) is 15.6. The van der Waals surface area contributed by atoms with Crippen molar-refractivity contribution in [1.29, 1.82) is 0 Å². The Hall–Kier alpha value is -2.24. The standard InChI is InChI=1S/C20H20Cl2N2O3/c1-12-5-3-6-15-18(23-13(2)25)20(26)24(19(12)15)9-4-10-27-17-8-7-14(21)11-16(17)22/h3,5-8,11,18H,4,9-10H2,1-2H3,(H,23,25)/t18-/m1/s1. The molecule has 1 aliphatic rings. The number of rotatable bonds is 6. The number of benzene rings is 2. The smallest absolute Gasteiger partial charge is 0.254 e. The van der Waals surface area contributed by atoms with Crippen LogP contribution < -0.4 is 15.0 Å². The molecule has 0 radical (unpaired) electrons. The van der Waals surface area contributed by atoms with Crippen molar-refractivity contribution in [3.05, 3.63) is 57.6 Å². The minimum atomic E-state index is -0.635. The molecule has 1 N–H and O–H groups in total. The van der Waals surface area contributed by atoms with Crippen LogP contribution in [0.1, 0.15) is 30.5 Å². The van der Waals surface area contributed by atoms with Gasteiger partial charge in [-0.2, -0.15) is 0 Å². The fourth-order valence-electron chi connectivity index (χ4n) is 3.24. The lowest BCUT2D eigenvalue weighted by Crippen LogP contribution is -2.37. The van der Waals surface area contributed by atoms with Crippen LogP contribution >= 0.6 is 23.2 Å². The SMILES string of the molecule is CC(=O)N[C@H]1C(=O)N(CCCOc2ccc(Cl)cc2Cl)c2c(C)cccc21. The minimum absolute atomic E-state index is 0.126. The van der Waals surface area contributed by atoms with Gasteiger partial charge in [0.15, 0.2) is 0 Å². The fraction of sp³-hybridized carbons (Fsp3) is 0.300. The molecule has 5 nitrogen and oxygen atoms in total. The van der Waals surface area contributed by atoms with Gasteiger partial charge < -0.3 is 15.0 Å². The Morgan fingerprint density at radius 2 is 2.04 bits per heavy atom. The third-order valence-electron chi connectivity index (χ3n) is 4.39. The summed E-state index contributed by atoms with van der Waals surface area (Å²) in [6, 6.07) is 10.2. The van der Waals surface area contributed by atoms with Crippen LogP contribution in [0.5, 0.6) is 5.75 Å². The van der Waals surface area contributed by atoms with E-state index >= 15 is 0 Å². The van der Waals surface area contributed by atoms with E-state index in [-0.39, 0.29) is 11.8 Å². The maximum absolute atomic E-state index is 12.8. The number of nitrogens with one attached hydrogen (secondary N) is 1. The highest BCUT2D eigenvalue weighted by atomic mass is 35.5. The quantitative estimate of drug-likeness (QED) is 0.727. The van der Waals surface area contributed by atoms with Gasteiger partial charge in [0.1, 0.15) is 11.8 Å². The number of ether oxygens (including phenoxy) is 1. The average molecular weight is 407 g/mol. The van der Waals surface area contributed by atoms with Crippen LogP contribution in [0, 0.1) is 6.92 Å². The first kappa shape index (κ1) is 19.5. The molecule has 142 valence electrons.